The van der Waals surface area contributed by atoms with Gasteiger partial charge in [0.1, 0.15) is 0 Å². The summed E-state index contributed by atoms with van der Waals surface area (Å²) in [5.74, 6) is 0. The Balaban J connectivity index is 2.80. The van der Waals surface area contributed by atoms with Gasteiger partial charge in [-0.25, -0.2) is 0 Å². The van der Waals surface area contributed by atoms with Crippen LogP contribution in [0, 0.1) is 11.3 Å². The summed E-state index contributed by atoms with van der Waals surface area (Å²) in [6.07, 6.45) is 7.32. The van der Waals surface area contributed by atoms with Gasteiger partial charge in [-0.2, -0.15) is 5.26 Å². The van der Waals surface area contributed by atoms with Gasteiger partial charge >= 0.3 is 0 Å². The molecule has 0 fully saturated rings. The smallest absolute Gasteiger partial charge is 0.0991 e. The summed E-state index contributed by atoms with van der Waals surface area (Å²) in [6, 6.07) is 2.20. The first-order valence-corrected chi connectivity index (χ1v) is 3.68. The van der Waals surface area contributed by atoms with Crippen LogP contribution in [0.4, 0.5) is 0 Å². The third-order valence-corrected chi connectivity index (χ3v) is 1.75. The van der Waals surface area contributed by atoms with Crippen molar-refractivity contribution in [3.05, 3.63) is 23.3 Å². The Labute approximate surface area is 61.7 Å². The first kappa shape index (κ1) is 7.08. The molecule has 10 heavy (non-hydrogen) atoms. The number of nitrogens with zero attached hydrogens (tertiary/aromatic N) is 1. The fraction of sp³-hybridized carbons (Fsp3) is 0.444. The molecule has 0 amide bonds. The van der Waals surface area contributed by atoms with Crippen LogP contribution in [0.5, 0.6) is 0 Å². The van der Waals surface area contributed by atoms with Gasteiger partial charge in [-0.15, -0.1) is 0 Å². The molecule has 0 spiro atoms. The molecule has 0 bridgehead atoms. The minimum atomic E-state index is 0.883. The first-order chi connectivity index (χ1) is 4.88. The molecule has 0 heterocycles. The molecule has 1 aliphatic carbocycles. The molecule has 1 aliphatic rings. The maximum absolute atomic E-state index is 8.63. The highest BCUT2D eigenvalue weighted by atomic mass is 14.3. The maximum Gasteiger partial charge on any atom is 0.0991 e. The Morgan fingerprint density at radius 1 is 1.50 bits per heavy atom. The normalized spacial score (nSPS) is 17.2. The highest BCUT2D eigenvalue weighted by molar-refractivity contribution is 5.43. The molecule has 0 saturated carbocycles. The van der Waals surface area contributed by atoms with Gasteiger partial charge in [0, 0.05) is 0 Å². The van der Waals surface area contributed by atoms with Crippen LogP contribution in [-0.2, 0) is 0 Å². The second kappa shape index (κ2) is 3.22. The van der Waals surface area contributed by atoms with Crippen molar-refractivity contribution >= 4 is 0 Å². The second-order valence-electron chi connectivity index (χ2n) is 2.39. The van der Waals surface area contributed by atoms with E-state index in [1.807, 2.05) is 6.08 Å². The largest absolute Gasteiger partial charge is 0.192 e. The van der Waals surface area contributed by atoms with E-state index in [0.717, 1.165) is 24.8 Å². The van der Waals surface area contributed by atoms with Crippen LogP contribution in [0.25, 0.3) is 0 Å². The molecule has 0 atom stereocenters. The Hall–Kier alpha value is -1.03. The minimum Gasteiger partial charge on any atom is -0.192 e. The van der Waals surface area contributed by atoms with Gasteiger partial charge in [0.25, 0.3) is 0 Å². The summed E-state index contributed by atoms with van der Waals surface area (Å²) in [5, 5.41) is 8.63. The number of nitriles is 1. The van der Waals surface area contributed by atoms with Crippen molar-refractivity contribution in [2.45, 2.75) is 26.2 Å². The molecule has 1 nitrogen and oxygen atoms in total. The highest BCUT2D eigenvalue weighted by Crippen LogP contribution is 2.19. The Bertz CT molecular complexity index is 215. The third kappa shape index (κ3) is 1.27. The summed E-state index contributed by atoms with van der Waals surface area (Å²) in [5.41, 5.74) is 2.10. The Morgan fingerprint density at radius 3 is 2.70 bits per heavy atom. The number of rotatable bonds is 1. The van der Waals surface area contributed by atoms with Crippen molar-refractivity contribution in [3.8, 4) is 6.07 Å². The molecular weight excluding hydrogens is 122 g/mol. The molecule has 0 aromatic heterocycles. The average Bonchev–Trinajstić information content (AvgIpc) is 2.04. The fourth-order valence-electron chi connectivity index (χ4n) is 1.18. The van der Waals surface area contributed by atoms with Gasteiger partial charge in [-0.1, -0.05) is 19.1 Å². The Kier molecular flexibility index (Phi) is 2.28. The van der Waals surface area contributed by atoms with Crippen LogP contribution >= 0.6 is 0 Å². The van der Waals surface area contributed by atoms with Gasteiger partial charge in [0.05, 0.1) is 11.6 Å². The van der Waals surface area contributed by atoms with E-state index in [4.69, 9.17) is 5.26 Å². The lowest BCUT2D eigenvalue weighted by atomic mass is 9.97. The molecule has 0 radical (unpaired) electrons. The van der Waals surface area contributed by atoms with Crippen molar-refractivity contribution in [2.24, 2.45) is 0 Å². The van der Waals surface area contributed by atoms with Crippen LogP contribution in [0.3, 0.4) is 0 Å². The quantitative estimate of drug-likeness (QED) is 0.539. The molecule has 0 aliphatic heterocycles. The van der Waals surface area contributed by atoms with E-state index in [2.05, 4.69) is 19.1 Å². The lowest BCUT2D eigenvalue weighted by molar-refractivity contribution is 0.967. The van der Waals surface area contributed by atoms with Crippen LogP contribution in [0.1, 0.15) is 26.2 Å². The molecule has 1 rings (SSSR count). The van der Waals surface area contributed by atoms with Gasteiger partial charge in [-0.05, 0) is 24.8 Å². The molecule has 0 aromatic rings. The summed E-state index contributed by atoms with van der Waals surface area (Å²) in [7, 11) is 0. The second-order valence-corrected chi connectivity index (χ2v) is 2.39. The van der Waals surface area contributed by atoms with Crippen LogP contribution in [0.2, 0.25) is 0 Å². The Morgan fingerprint density at radius 2 is 2.20 bits per heavy atom. The lowest BCUT2D eigenvalue weighted by Gasteiger charge is -2.06. The predicted molar refractivity (Wildman–Crippen MR) is 41.3 cm³/mol. The van der Waals surface area contributed by atoms with Crippen molar-refractivity contribution in [1.82, 2.24) is 0 Å². The van der Waals surface area contributed by atoms with E-state index < -0.39 is 0 Å². The number of allylic oxidation sites excluding steroid dienone is 4. The topological polar surface area (TPSA) is 23.8 Å². The summed E-state index contributed by atoms with van der Waals surface area (Å²) in [4.78, 5) is 0. The molecule has 0 saturated heterocycles. The maximum atomic E-state index is 8.63. The molecule has 52 valence electrons. The van der Waals surface area contributed by atoms with Crippen molar-refractivity contribution in [1.29, 1.82) is 5.26 Å². The van der Waals surface area contributed by atoms with E-state index in [1.54, 1.807) is 0 Å². The number of hydrogen-bond acceptors (Lipinski definition) is 1. The monoisotopic (exact) mass is 133 g/mol. The first-order valence-electron chi connectivity index (χ1n) is 3.68. The van der Waals surface area contributed by atoms with Crippen molar-refractivity contribution < 1.29 is 0 Å². The van der Waals surface area contributed by atoms with Crippen LogP contribution < -0.4 is 0 Å². The van der Waals surface area contributed by atoms with Crippen molar-refractivity contribution in [2.75, 3.05) is 0 Å². The summed E-state index contributed by atoms with van der Waals surface area (Å²) in [6.45, 7) is 2.09. The molecular formula is C9H11N. The van der Waals surface area contributed by atoms with Gasteiger partial charge in [0.15, 0.2) is 0 Å². The van der Waals surface area contributed by atoms with E-state index >= 15 is 0 Å². The zero-order valence-corrected chi connectivity index (χ0v) is 6.22. The van der Waals surface area contributed by atoms with E-state index in [9.17, 15) is 0 Å². The fourth-order valence-corrected chi connectivity index (χ4v) is 1.18. The van der Waals surface area contributed by atoms with Gasteiger partial charge in [-0.3, -0.25) is 0 Å². The molecule has 0 unspecified atom stereocenters. The predicted octanol–water partition coefficient (Wildman–Crippen LogP) is 2.57. The zero-order valence-electron chi connectivity index (χ0n) is 6.22. The number of hydrogen-bond donors (Lipinski definition) is 0. The molecule has 1 heteroatoms. The SMILES string of the molecule is CCC1=CCCC=C1C#N. The molecule has 0 aromatic carbocycles. The van der Waals surface area contributed by atoms with E-state index in [0.29, 0.717) is 0 Å². The van der Waals surface area contributed by atoms with Gasteiger partial charge < -0.3 is 0 Å². The lowest BCUT2D eigenvalue weighted by Crippen LogP contribution is -1.90. The van der Waals surface area contributed by atoms with E-state index in [-0.39, 0.29) is 0 Å². The summed E-state index contributed by atoms with van der Waals surface area (Å²) < 4.78 is 0. The minimum absolute atomic E-state index is 0.883. The molecule has 0 N–H and O–H groups in total. The third-order valence-electron chi connectivity index (χ3n) is 1.75. The van der Waals surface area contributed by atoms with Crippen LogP contribution in [-0.4, -0.2) is 0 Å². The summed E-state index contributed by atoms with van der Waals surface area (Å²) >= 11 is 0. The van der Waals surface area contributed by atoms with Crippen LogP contribution in [0.15, 0.2) is 23.3 Å². The van der Waals surface area contributed by atoms with Crippen molar-refractivity contribution in [3.63, 3.8) is 0 Å². The standard InChI is InChI=1S/C9H11N/c1-2-8-5-3-4-6-9(8)7-10/h5-6H,2-4H2,1H3. The highest BCUT2D eigenvalue weighted by Gasteiger charge is 2.04. The van der Waals surface area contributed by atoms with E-state index in [1.165, 1.54) is 5.57 Å². The zero-order chi connectivity index (χ0) is 7.40. The van der Waals surface area contributed by atoms with Gasteiger partial charge in [0.2, 0.25) is 0 Å². The average molecular weight is 133 g/mol.